The molecule has 2 saturated carbocycles. The molecule has 0 heterocycles. The number of hydrogen-bond donors (Lipinski definition) is 1. The lowest BCUT2D eigenvalue weighted by atomic mass is 9.68. The van der Waals surface area contributed by atoms with E-state index in [0.717, 1.165) is 23.3 Å². The summed E-state index contributed by atoms with van der Waals surface area (Å²) in [6, 6.07) is 13.6. The lowest BCUT2D eigenvalue weighted by Gasteiger charge is -2.38. The Labute approximate surface area is 231 Å². The molecule has 0 radical (unpaired) electrons. The molecule has 38 heavy (non-hydrogen) atoms. The van der Waals surface area contributed by atoms with Gasteiger partial charge in [-0.25, -0.2) is 4.79 Å². The fourth-order valence-corrected chi connectivity index (χ4v) is 7.08. The number of aliphatic hydroxyl groups excluding tert-OH is 1. The highest BCUT2D eigenvalue weighted by Crippen LogP contribution is 2.44. The highest BCUT2D eigenvalue weighted by atomic mass is 16.5. The van der Waals surface area contributed by atoms with Gasteiger partial charge in [-0.3, -0.25) is 0 Å². The molecule has 1 atom stereocenters. The SMILES string of the molecule is C=C(C)C(=O)OCC(CO)Cc1ccc2cc(C3CCC(C4CCC(CCCCC)CC4)CC3)ccc2c1. The summed E-state index contributed by atoms with van der Waals surface area (Å²) >= 11 is 0. The van der Waals surface area contributed by atoms with Crippen LogP contribution in [-0.4, -0.2) is 24.3 Å². The van der Waals surface area contributed by atoms with Crippen LogP contribution in [0.1, 0.15) is 108 Å². The van der Waals surface area contributed by atoms with Gasteiger partial charge in [0.1, 0.15) is 0 Å². The highest BCUT2D eigenvalue weighted by Gasteiger charge is 2.31. The molecule has 0 saturated heterocycles. The Morgan fingerprint density at radius 2 is 1.61 bits per heavy atom. The van der Waals surface area contributed by atoms with Gasteiger partial charge in [0.25, 0.3) is 0 Å². The Morgan fingerprint density at radius 1 is 0.947 bits per heavy atom. The Balaban J connectivity index is 1.27. The van der Waals surface area contributed by atoms with Gasteiger partial charge in [0.05, 0.1) is 6.61 Å². The maximum atomic E-state index is 11.7. The molecule has 2 aliphatic carbocycles. The molecule has 0 amide bonds. The Kier molecular flexibility index (Phi) is 10.9. The smallest absolute Gasteiger partial charge is 0.333 e. The van der Waals surface area contributed by atoms with Crippen molar-refractivity contribution >= 4 is 16.7 Å². The number of unbranched alkanes of at least 4 members (excludes halogenated alkanes) is 2. The summed E-state index contributed by atoms with van der Waals surface area (Å²) in [6.07, 6.45) is 17.8. The Hall–Kier alpha value is -2.13. The van der Waals surface area contributed by atoms with Gasteiger partial charge < -0.3 is 9.84 Å². The zero-order valence-electron chi connectivity index (χ0n) is 23.9. The minimum absolute atomic E-state index is 0.0104. The number of benzene rings is 2. The molecule has 4 rings (SSSR count). The summed E-state index contributed by atoms with van der Waals surface area (Å²) in [5.74, 6) is 3.15. The minimum atomic E-state index is -0.395. The van der Waals surface area contributed by atoms with E-state index in [4.69, 9.17) is 4.74 Å². The molecule has 2 fully saturated rings. The second-order valence-corrected chi connectivity index (χ2v) is 12.5. The minimum Gasteiger partial charge on any atom is -0.462 e. The maximum Gasteiger partial charge on any atom is 0.333 e. The standard InChI is InChI=1S/C35H50O3/c1-4-5-6-7-26-8-11-29(12-9-26)30-14-16-31(17-15-30)33-19-18-32-21-27(10-13-34(32)22-33)20-28(23-36)24-38-35(37)25(2)3/h10,13,18-19,21-22,26,28-31,36H,2,4-9,11-12,14-17,20,23-24H2,1,3H3. The average molecular weight is 519 g/mol. The van der Waals surface area contributed by atoms with Crippen molar-refractivity contribution in [1.29, 1.82) is 0 Å². The van der Waals surface area contributed by atoms with Crippen molar-refractivity contribution in [2.75, 3.05) is 13.2 Å². The molecular weight excluding hydrogens is 468 g/mol. The lowest BCUT2D eigenvalue weighted by Crippen LogP contribution is -2.25. The van der Waals surface area contributed by atoms with E-state index in [1.54, 1.807) is 6.92 Å². The number of rotatable bonds is 12. The third-order valence-electron chi connectivity index (χ3n) is 9.53. The zero-order chi connectivity index (χ0) is 26.9. The van der Waals surface area contributed by atoms with Crippen LogP contribution in [0.4, 0.5) is 0 Å². The monoisotopic (exact) mass is 518 g/mol. The number of aliphatic hydroxyl groups is 1. The number of carbonyl (C=O) groups excluding carboxylic acids is 1. The molecule has 0 aromatic heterocycles. The van der Waals surface area contributed by atoms with Crippen LogP contribution >= 0.6 is 0 Å². The maximum absolute atomic E-state index is 11.7. The molecule has 0 aliphatic heterocycles. The van der Waals surface area contributed by atoms with Gasteiger partial charge in [0, 0.05) is 18.1 Å². The van der Waals surface area contributed by atoms with Crippen LogP contribution < -0.4 is 0 Å². The van der Waals surface area contributed by atoms with E-state index >= 15 is 0 Å². The van der Waals surface area contributed by atoms with E-state index in [0.29, 0.717) is 17.9 Å². The van der Waals surface area contributed by atoms with Gasteiger partial charge in [0.2, 0.25) is 0 Å². The largest absolute Gasteiger partial charge is 0.462 e. The molecule has 208 valence electrons. The summed E-state index contributed by atoms with van der Waals surface area (Å²) in [7, 11) is 0. The fourth-order valence-electron chi connectivity index (χ4n) is 7.08. The van der Waals surface area contributed by atoms with Crippen LogP contribution in [0, 0.1) is 23.7 Å². The first-order valence-electron chi connectivity index (χ1n) is 15.4. The first-order valence-corrected chi connectivity index (χ1v) is 15.4. The van der Waals surface area contributed by atoms with Crippen LogP contribution in [0.25, 0.3) is 10.8 Å². The lowest BCUT2D eigenvalue weighted by molar-refractivity contribution is -0.140. The average Bonchev–Trinajstić information content (AvgIpc) is 2.95. The van der Waals surface area contributed by atoms with Crippen molar-refractivity contribution in [1.82, 2.24) is 0 Å². The van der Waals surface area contributed by atoms with Gasteiger partial charge >= 0.3 is 5.97 Å². The number of hydrogen-bond acceptors (Lipinski definition) is 3. The van der Waals surface area contributed by atoms with E-state index in [1.807, 2.05) is 0 Å². The third-order valence-corrected chi connectivity index (χ3v) is 9.53. The molecule has 0 spiro atoms. The highest BCUT2D eigenvalue weighted by molar-refractivity contribution is 5.87. The second-order valence-electron chi connectivity index (χ2n) is 12.5. The van der Waals surface area contributed by atoms with Gasteiger partial charge in [-0.2, -0.15) is 0 Å². The van der Waals surface area contributed by atoms with E-state index < -0.39 is 5.97 Å². The first kappa shape index (κ1) is 28.9. The normalized spacial score (nSPS) is 24.7. The van der Waals surface area contributed by atoms with Crippen molar-refractivity contribution in [3.05, 3.63) is 59.7 Å². The van der Waals surface area contributed by atoms with Crippen LogP contribution in [-0.2, 0) is 16.0 Å². The quantitative estimate of drug-likeness (QED) is 0.173. The van der Waals surface area contributed by atoms with Crippen molar-refractivity contribution < 1.29 is 14.6 Å². The van der Waals surface area contributed by atoms with Crippen molar-refractivity contribution in [3.63, 3.8) is 0 Å². The predicted molar refractivity (Wildman–Crippen MR) is 158 cm³/mol. The topological polar surface area (TPSA) is 46.5 Å². The van der Waals surface area contributed by atoms with Crippen LogP contribution in [0.15, 0.2) is 48.6 Å². The fraction of sp³-hybridized carbons (Fsp3) is 0.629. The van der Waals surface area contributed by atoms with Crippen molar-refractivity contribution in [2.24, 2.45) is 23.7 Å². The third kappa shape index (κ3) is 7.94. The molecule has 0 bridgehead atoms. The van der Waals surface area contributed by atoms with E-state index in [9.17, 15) is 9.90 Å². The van der Waals surface area contributed by atoms with Crippen LogP contribution in [0.2, 0.25) is 0 Å². The van der Waals surface area contributed by atoms with Gasteiger partial charge in [-0.15, -0.1) is 0 Å². The Morgan fingerprint density at radius 3 is 2.26 bits per heavy atom. The molecule has 3 nitrogen and oxygen atoms in total. The number of fused-ring (bicyclic) bond motifs is 1. The van der Waals surface area contributed by atoms with Crippen molar-refractivity contribution in [2.45, 2.75) is 103 Å². The molecule has 3 heteroatoms. The Bertz CT molecular complexity index is 1040. The molecule has 2 aromatic carbocycles. The van der Waals surface area contributed by atoms with Gasteiger partial charge in [-0.05, 0) is 97.4 Å². The van der Waals surface area contributed by atoms with Crippen LogP contribution in [0.5, 0.6) is 0 Å². The summed E-state index contributed by atoms with van der Waals surface area (Å²) in [6.45, 7) is 7.77. The predicted octanol–water partition coefficient (Wildman–Crippen LogP) is 8.77. The van der Waals surface area contributed by atoms with E-state index in [1.165, 1.54) is 93.4 Å². The summed E-state index contributed by atoms with van der Waals surface area (Å²) in [5.41, 5.74) is 3.05. The van der Waals surface area contributed by atoms with E-state index in [2.05, 4.69) is 49.9 Å². The number of ether oxygens (including phenoxy) is 1. The molecule has 2 aliphatic rings. The second kappa shape index (κ2) is 14.3. The number of carbonyl (C=O) groups is 1. The molecule has 1 unspecified atom stereocenters. The number of esters is 1. The van der Waals surface area contributed by atoms with Gasteiger partial charge in [0.15, 0.2) is 0 Å². The summed E-state index contributed by atoms with van der Waals surface area (Å²) in [4.78, 5) is 11.7. The molecule has 1 N–H and O–H groups in total. The van der Waals surface area contributed by atoms with Crippen molar-refractivity contribution in [3.8, 4) is 0 Å². The molecular formula is C35H50O3. The summed E-state index contributed by atoms with van der Waals surface area (Å²) < 4.78 is 5.27. The zero-order valence-corrected chi connectivity index (χ0v) is 23.9. The van der Waals surface area contributed by atoms with E-state index in [-0.39, 0.29) is 19.1 Å². The molecule has 2 aromatic rings. The van der Waals surface area contributed by atoms with Crippen LogP contribution in [0.3, 0.4) is 0 Å². The first-order chi connectivity index (χ1) is 18.5. The van der Waals surface area contributed by atoms with Gasteiger partial charge in [-0.1, -0.05) is 88.4 Å². The summed E-state index contributed by atoms with van der Waals surface area (Å²) in [5, 5.41) is 12.3.